The van der Waals surface area contributed by atoms with Crippen LogP contribution in [0.5, 0.6) is 11.5 Å². The molecule has 0 spiro atoms. The summed E-state index contributed by atoms with van der Waals surface area (Å²) in [6.07, 6.45) is 2.33. The number of ether oxygens (including phenoxy) is 3. The van der Waals surface area contributed by atoms with Gasteiger partial charge in [0.15, 0.2) is 5.65 Å². The summed E-state index contributed by atoms with van der Waals surface area (Å²) in [5.41, 5.74) is 0.924. The van der Waals surface area contributed by atoms with Gasteiger partial charge >= 0.3 is 12.1 Å². The van der Waals surface area contributed by atoms with Crippen LogP contribution in [0.4, 0.5) is 21.4 Å². The molecular weight excluding hydrogens is 576 g/mol. The van der Waals surface area contributed by atoms with Crippen LogP contribution in [0.15, 0.2) is 30.5 Å². The number of aromatic nitrogens is 3. The summed E-state index contributed by atoms with van der Waals surface area (Å²) in [6, 6.07) is 7.00. The predicted molar refractivity (Wildman–Crippen MR) is 175 cm³/mol. The topological polar surface area (TPSA) is 143 Å². The third-order valence-corrected chi connectivity index (χ3v) is 6.91. The normalized spacial score (nSPS) is 14.2. The van der Waals surface area contributed by atoms with Crippen molar-refractivity contribution >= 4 is 34.9 Å². The van der Waals surface area contributed by atoms with Crippen LogP contribution in [0, 0.1) is 0 Å². The van der Waals surface area contributed by atoms with Crippen molar-refractivity contribution in [2.45, 2.75) is 59.1 Å². The maximum atomic E-state index is 12.9. The van der Waals surface area contributed by atoms with Crippen LogP contribution in [0.1, 0.15) is 48.0 Å². The van der Waals surface area contributed by atoms with E-state index in [2.05, 4.69) is 30.8 Å². The van der Waals surface area contributed by atoms with E-state index in [1.807, 2.05) is 59.7 Å². The molecule has 4 rings (SSSR count). The Balaban J connectivity index is 1.44. The molecule has 244 valence electrons. The molecule has 0 saturated carbocycles. The fourth-order valence-electron chi connectivity index (χ4n) is 4.79. The van der Waals surface area contributed by atoms with Crippen LogP contribution in [-0.4, -0.2) is 102 Å². The molecule has 45 heavy (non-hydrogen) atoms. The smallest absolute Gasteiger partial charge is 0.410 e. The van der Waals surface area contributed by atoms with Crippen LogP contribution < -0.4 is 25.4 Å². The number of pyridine rings is 1. The van der Waals surface area contributed by atoms with Crippen LogP contribution >= 0.6 is 0 Å². The number of piperazine rings is 1. The first-order valence-electron chi connectivity index (χ1n) is 15.2. The second-order valence-corrected chi connectivity index (χ2v) is 13.0. The highest BCUT2D eigenvalue weighted by molar-refractivity contribution is 5.96. The third kappa shape index (κ3) is 9.80. The molecule has 13 nitrogen and oxygen atoms in total. The number of anilines is 2. The van der Waals surface area contributed by atoms with E-state index in [0.717, 1.165) is 31.6 Å². The molecule has 1 aromatic carbocycles. The number of urea groups is 1. The average molecular weight is 623 g/mol. The number of rotatable bonds is 9. The zero-order valence-electron chi connectivity index (χ0n) is 27.6. The van der Waals surface area contributed by atoms with Crippen molar-refractivity contribution in [2.24, 2.45) is 0 Å². The van der Waals surface area contributed by atoms with Gasteiger partial charge < -0.3 is 29.7 Å². The number of hydrogen-bond acceptors (Lipinski definition) is 10. The SMILES string of the molecule is COc1cc(OC)cc(-c2cc3cnc(NCCCN4CCN(C(=O)OC(C)(C)C)CC4)nc3nc2NC(=O)NC(C)(C)C)c1. The molecule has 0 radical (unpaired) electrons. The Morgan fingerprint density at radius 1 is 0.911 bits per heavy atom. The minimum absolute atomic E-state index is 0.255. The molecule has 0 bridgehead atoms. The molecule has 1 aliphatic heterocycles. The van der Waals surface area contributed by atoms with Gasteiger partial charge in [0.2, 0.25) is 5.95 Å². The van der Waals surface area contributed by atoms with Gasteiger partial charge in [-0.2, -0.15) is 4.98 Å². The highest BCUT2D eigenvalue weighted by atomic mass is 16.6. The minimum atomic E-state index is -0.494. The van der Waals surface area contributed by atoms with Gasteiger partial charge in [-0.1, -0.05) is 0 Å². The van der Waals surface area contributed by atoms with E-state index < -0.39 is 11.1 Å². The van der Waals surface area contributed by atoms with E-state index in [9.17, 15) is 9.59 Å². The van der Waals surface area contributed by atoms with Gasteiger partial charge in [0, 0.05) is 61.5 Å². The largest absolute Gasteiger partial charge is 0.497 e. The first-order chi connectivity index (χ1) is 21.2. The fourth-order valence-corrected chi connectivity index (χ4v) is 4.79. The summed E-state index contributed by atoms with van der Waals surface area (Å²) in [7, 11) is 3.17. The Kier molecular flexibility index (Phi) is 10.5. The molecule has 3 amide bonds. The number of hydrogen-bond donors (Lipinski definition) is 3. The van der Waals surface area contributed by atoms with Gasteiger partial charge in [-0.3, -0.25) is 10.2 Å². The molecule has 3 heterocycles. The van der Waals surface area contributed by atoms with Gasteiger partial charge in [0.25, 0.3) is 0 Å². The number of amides is 3. The molecule has 0 atom stereocenters. The number of carbonyl (C=O) groups is 2. The lowest BCUT2D eigenvalue weighted by Crippen LogP contribution is -2.50. The van der Waals surface area contributed by atoms with E-state index >= 15 is 0 Å². The third-order valence-electron chi connectivity index (χ3n) is 6.91. The van der Waals surface area contributed by atoms with E-state index in [4.69, 9.17) is 19.2 Å². The maximum Gasteiger partial charge on any atom is 0.410 e. The molecular formula is C32H46N8O5. The van der Waals surface area contributed by atoms with E-state index in [-0.39, 0.29) is 12.1 Å². The first kappa shape index (κ1) is 33.5. The molecule has 1 aliphatic rings. The van der Waals surface area contributed by atoms with Crippen molar-refractivity contribution in [1.29, 1.82) is 0 Å². The quantitative estimate of drug-likeness (QED) is 0.280. The number of benzene rings is 1. The molecule has 13 heteroatoms. The zero-order valence-corrected chi connectivity index (χ0v) is 27.6. The summed E-state index contributed by atoms with van der Waals surface area (Å²) in [5.74, 6) is 2.01. The number of carbonyl (C=O) groups excluding carboxylic acids is 2. The Labute approximate surface area is 265 Å². The Morgan fingerprint density at radius 2 is 1.58 bits per heavy atom. The van der Waals surface area contributed by atoms with Crippen LogP contribution in [0.2, 0.25) is 0 Å². The van der Waals surface area contributed by atoms with Crippen molar-refractivity contribution in [3.63, 3.8) is 0 Å². The van der Waals surface area contributed by atoms with Gasteiger partial charge in [0.05, 0.1) is 14.2 Å². The lowest BCUT2D eigenvalue weighted by molar-refractivity contribution is 0.0145. The lowest BCUT2D eigenvalue weighted by atomic mass is 10.0. The van der Waals surface area contributed by atoms with Crippen LogP contribution in [-0.2, 0) is 4.74 Å². The summed E-state index contributed by atoms with van der Waals surface area (Å²) >= 11 is 0. The monoisotopic (exact) mass is 622 g/mol. The number of nitrogens with one attached hydrogen (secondary N) is 3. The summed E-state index contributed by atoms with van der Waals surface area (Å²) in [5, 5.41) is 9.82. The van der Waals surface area contributed by atoms with Gasteiger partial charge in [0.1, 0.15) is 22.9 Å². The molecule has 3 N–H and O–H groups in total. The fraction of sp³-hybridized carbons (Fsp3) is 0.531. The standard InChI is InChI=1S/C32H46N8O5/c1-31(2,3)38-29(41)37-27-25(21-16-23(43-7)19-24(17-21)44-8)18-22-20-34-28(36-26(22)35-27)33-10-9-11-39-12-14-40(15-13-39)30(42)45-32(4,5)6/h16-20H,9-15H2,1-8H3,(H3,33,34,35,36,37,38,41). The molecule has 2 aromatic heterocycles. The molecule has 3 aromatic rings. The number of methoxy groups -OCH3 is 2. The Hall–Kier alpha value is -4.39. The molecule has 0 unspecified atom stereocenters. The molecule has 1 fully saturated rings. The number of nitrogens with zero attached hydrogens (tertiary/aromatic N) is 5. The van der Waals surface area contributed by atoms with Gasteiger partial charge in [-0.05, 0) is 78.3 Å². The minimum Gasteiger partial charge on any atom is -0.497 e. The van der Waals surface area contributed by atoms with Gasteiger partial charge in [-0.25, -0.2) is 19.6 Å². The molecule has 0 aliphatic carbocycles. The van der Waals surface area contributed by atoms with E-state index in [1.165, 1.54) is 0 Å². The maximum absolute atomic E-state index is 12.9. The highest BCUT2D eigenvalue weighted by Gasteiger charge is 2.25. The summed E-state index contributed by atoms with van der Waals surface area (Å²) in [4.78, 5) is 43.2. The zero-order chi connectivity index (χ0) is 32.8. The molecule has 1 saturated heterocycles. The van der Waals surface area contributed by atoms with Crippen molar-refractivity contribution in [1.82, 2.24) is 30.1 Å². The average Bonchev–Trinajstić information content (AvgIpc) is 2.97. The van der Waals surface area contributed by atoms with Crippen LogP contribution in [0.25, 0.3) is 22.2 Å². The van der Waals surface area contributed by atoms with Gasteiger partial charge in [-0.15, -0.1) is 0 Å². The van der Waals surface area contributed by atoms with Crippen molar-refractivity contribution < 1.29 is 23.8 Å². The highest BCUT2D eigenvalue weighted by Crippen LogP contribution is 2.35. The number of fused-ring (bicyclic) bond motifs is 1. The lowest BCUT2D eigenvalue weighted by Gasteiger charge is -2.35. The van der Waals surface area contributed by atoms with Crippen molar-refractivity contribution in [2.75, 3.05) is 64.1 Å². The summed E-state index contributed by atoms with van der Waals surface area (Å²) < 4.78 is 16.4. The van der Waals surface area contributed by atoms with Crippen molar-refractivity contribution in [3.05, 3.63) is 30.5 Å². The second kappa shape index (κ2) is 14.1. The predicted octanol–water partition coefficient (Wildman–Crippen LogP) is 4.98. The van der Waals surface area contributed by atoms with E-state index in [1.54, 1.807) is 31.4 Å². The Bertz CT molecular complexity index is 1470. The second-order valence-electron chi connectivity index (χ2n) is 13.0. The first-order valence-corrected chi connectivity index (χ1v) is 15.2. The van der Waals surface area contributed by atoms with E-state index in [0.29, 0.717) is 59.5 Å². The Morgan fingerprint density at radius 3 is 2.18 bits per heavy atom. The van der Waals surface area contributed by atoms with Crippen molar-refractivity contribution in [3.8, 4) is 22.6 Å². The summed E-state index contributed by atoms with van der Waals surface area (Å²) in [6.45, 7) is 15.8. The van der Waals surface area contributed by atoms with Crippen LogP contribution in [0.3, 0.4) is 0 Å².